The Balaban J connectivity index is 1.43. The third-order valence-electron chi connectivity index (χ3n) is 4.67. The summed E-state index contributed by atoms with van der Waals surface area (Å²) in [7, 11) is 3.14. The summed E-state index contributed by atoms with van der Waals surface area (Å²) in [5.74, 6) is 2.16. The van der Waals surface area contributed by atoms with Crippen molar-refractivity contribution in [1.29, 1.82) is 0 Å². The van der Waals surface area contributed by atoms with Gasteiger partial charge in [0.25, 0.3) is 0 Å². The zero-order valence-corrected chi connectivity index (χ0v) is 16.9. The molecule has 4 rings (SSSR count). The predicted octanol–water partition coefficient (Wildman–Crippen LogP) is 2.04. The highest BCUT2D eigenvalue weighted by Gasteiger charge is 2.24. The summed E-state index contributed by atoms with van der Waals surface area (Å²) in [6.45, 7) is 2.33. The number of hydrogen-bond donors (Lipinski definition) is 2. The van der Waals surface area contributed by atoms with Gasteiger partial charge in [0.2, 0.25) is 5.95 Å². The maximum atomic E-state index is 12.7. The number of aromatic nitrogens is 3. The Hall–Kier alpha value is -3.34. The van der Waals surface area contributed by atoms with Crippen LogP contribution in [-0.2, 0) is 0 Å². The fourth-order valence-corrected chi connectivity index (χ4v) is 3.85. The minimum absolute atomic E-state index is 0.180. The van der Waals surface area contributed by atoms with Gasteiger partial charge in [0, 0.05) is 50.1 Å². The maximum absolute atomic E-state index is 12.7. The molecule has 1 aliphatic rings. The van der Waals surface area contributed by atoms with Gasteiger partial charge in [-0.15, -0.1) is 11.3 Å². The zero-order valence-electron chi connectivity index (χ0n) is 16.1. The average molecular weight is 415 g/mol. The Morgan fingerprint density at radius 2 is 1.79 bits per heavy atom. The third-order valence-corrected chi connectivity index (χ3v) is 5.38. The normalized spacial score (nSPS) is 14.1. The van der Waals surface area contributed by atoms with Crippen LogP contribution in [0.2, 0.25) is 0 Å². The summed E-state index contributed by atoms with van der Waals surface area (Å²) in [5.41, 5.74) is 8.92. The lowest BCUT2D eigenvalue weighted by Crippen LogP contribution is -2.50. The van der Waals surface area contributed by atoms with E-state index < -0.39 is 0 Å². The lowest BCUT2D eigenvalue weighted by molar-refractivity contribution is 0.208. The second-order valence-electron chi connectivity index (χ2n) is 6.42. The Labute approximate surface area is 171 Å². The third kappa shape index (κ3) is 3.94. The van der Waals surface area contributed by atoms with E-state index in [1.807, 2.05) is 0 Å². The molecule has 29 heavy (non-hydrogen) atoms. The van der Waals surface area contributed by atoms with Gasteiger partial charge in [-0.25, -0.2) is 14.8 Å². The minimum Gasteiger partial charge on any atom is -0.497 e. The predicted molar refractivity (Wildman–Crippen MR) is 112 cm³/mol. The first-order valence-electron chi connectivity index (χ1n) is 8.98. The largest absolute Gasteiger partial charge is 0.497 e. The van der Waals surface area contributed by atoms with Crippen LogP contribution in [0.25, 0.3) is 10.3 Å². The number of anilines is 3. The summed E-state index contributed by atoms with van der Waals surface area (Å²) >= 11 is 1.43. The van der Waals surface area contributed by atoms with Crippen LogP contribution < -0.4 is 25.4 Å². The van der Waals surface area contributed by atoms with Crippen molar-refractivity contribution in [2.45, 2.75) is 0 Å². The van der Waals surface area contributed by atoms with Crippen LogP contribution in [0.4, 0.5) is 22.2 Å². The van der Waals surface area contributed by atoms with Crippen LogP contribution in [0, 0.1) is 0 Å². The number of nitrogens with zero attached hydrogens (tertiary/aromatic N) is 5. The molecule has 0 unspecified atom stereocenters. The summed E-state index contributed by atoms with van der Waals surface area (Å²) in [6, 6.07) is 5.07. The van der Waals surface area contributed by atoms with Gasteiger partial charge in [0.15, 0.2) is 10.6 Å². The first-order chi connectivity index (χ1) is 14.1. The van der Waals surface area contributed by atoms with Crippen LogP contribution in [-0.4, -0.2) is 66.3 Å². The molecule has 2 amide bonds. The van der Waals surface area contributed by atoms with Gasteiger partial charge < -0.3 is 30.3 Å². The van der Waals surface area contributed by atoms with Crippen LogP contribution in [0.1, 0.15) is 0 Å². The number of nitrogens with two attached hydrogens (primary N) is 1. The van der Waals surface area contributed by atoms with Crippen LogP contribution in [0.5, 0.6) is 11.5 Å². The molecule has 1 aliphatic heterocycles. The summed E-state index contributed by atoms with van der Waals surface area (Å²) < 4.78 is 10.5. The molecule has 10 nitrogen and oxygen atoms in total. The van der Waals surface area contributed by atoms with E-state index in [1.54, 1.807) is 42.8 Å². The van der Waals surface area contributed by atoms with E-state index in [9.17, 15) is 4.79 Å². The van der Waals surface area contributed by atoms with E-state index in [4.69, 9.17) is 15.2 Å². The molecule has 152 valence electrons. The van der Waals surface area contributed by atoms with Gasteiger partial charge in [-0.05, 0) is 0 Å². The smallest absolute Gasteiger partial charge is 0.321 e. The number of carbonyl (C=O) groups excluding carboxylic acids is 1. The fraction of sp³-hybridized carbons (Fsp3) is 0.333. The molecule has 2 aromatic heterocycles. The number of piperazine rings is 1. The number of nitrogen functional groups attached to an aromatic ring is 1. The van der Waals surface area contributed by atoms with Gasteiger partial charge in [-0.3, -0.25) is 0 Å². The van der Waals surface area contributed by atoms with Crippen molar-refractivity contribution in [1.82, 2.24) is 19.9 Å². The second-order valence-corrected chi connectivity index (χ2v) is 7.25. The van der Waals surface area contributed by atoms with Gasteiger partial charge in [0.1, 0.15) is 17.0 Å². The van der Waals surface area contributed by atoms with Gasteiger partial charge >= 0.3 is 6.03 Å². The van der Waals surface area contributed by atoms with Crippen LogP contribution >= 0.6 is 11.3 Å². The standard InChI is InChI=1S/C18H21N7O3S/c1-27-12-7-11(8-13(9-12)28-2)21-18(26)25-5-3-24(4-6-25)15-14-16(29-10-20-14)23-17(19)22-15/h7-10H,3-6H2,1-2H3,(H,21,26)(H2,19,22,23). The topological polar surface area (TPSA) is 119 Å². The van der Waals surface area contributed by atoms with E-state index in [1.165, 1.54) is 11.3 Å². The van der Waals surface area contributed by atoms with Crippen molar-refractivity contribution >= 4 is 45.2 Å². The van der Waals surface area contributed by atoms with Crippen LogP contribution in [0.15, 0.2) is 23.7 Å². The molecule has 3 N–H and O–H groups in total. The number of benzene rings is 1. The number of methoxy groups -OCH3 is 2. The van der Waals surface area contributed by atoms with Crippen LogP contribution in [0.3, 0.4) is 0 Å². The Morgan fingerprint density at radius 1 is 1.10 bits per heavy atom. The molecule has 0 bridgehead atoms. The number of carbonyl (C=O) groups is 1. The zero-order chi connectivity index (χ0) is 20.4. The molecule has 11 heteroatoms. The molecule has 0 aliphatic carbocycles. The molecular weight excluding hydrogens is 394 g/mol. The van der Waals surface area contributed by atoms with E-state index >= 15 is 0 Å². The first-order valence-corrected chi connectivity index (χ1v) is 9.86. The maximum Gasteiger partial charge on any atom is 0.321 e. The highest BCUT2D eigenvalue weighted by Crippen LogP contribution is 2.28. The van der Waals surface area contributed by atoms with E-state index in [0.29, 0.717) is 49.2 Å². The van der Waals surface area contributed by atoms with Gasteiger partial charge in [-0.2, -0.15) is 4.98 Å². The number of amides is 2. The fourth-order valence-electron chi connectivity index (χ4n) is 3.19. The molecule has 0 saturated carbocycles. The molecule has 1 aromatic carbocycles. The van der Waals surface area contributed by atoms with Crippen molar-refractivity contribution in [2.75, 3.05) is 56.3 Å². The van der Waals surface area contributed by atoms with Crippen molar-refractivity contribution in [3.63, 3.8) is 0 Å². The van der Waals surface area contributed by atoms with Gasteiger partial charge in [0.05, 0.1) is 19.7 Å². The Morgan fingerprint density at radius 3 is 2.45 bits per heavy atom. The lowest BCUT2D eigenvalue weighted by Gasteiger charge is -2.35. The molecule has 1 fully saturated rings. The van der Waals surface area contributed by atoms with E-state index in [0.717, 1.165) is 10.3 Å². The van der Waals surface area contributed by atoms with E-state index in [2.05, 4.69) is 25.2 Å². The van der Waals surface area contributed by atoms with Crippen molar-refractivity contribution in [3.05, 3.63) is 23.7 Å². The Bertz CT molecular complexity index is 1010. The quantitative estimate of drug-likeness (QED) is 0.664. The molecule has 3 aromatic rings. The molecule has 1 saturated heterocycles. The summed E-state index contributed by atoms with van der Waals surface area (Å²) in [4.78, 5) is 30.2. The monoisotopic (exact) mass is 415 g/mol. The summed E-state index contributed by atoms with van der Waals surface area (Å²) in [5, 5.41) is 2.90. The molecule has 0 atom stereocenters. The average Bonchev–Trinajstić information content (AvgIpc) is 3.21. The number of hydrogen-bond acceptors (Lipinski definition) is 9. The summed E-state index contributed by atoms with van der Waals surface area (Å²) in [6.07, 6.45) is 0. The second kappa shape index (κ2) is 7.95. The van der Waals surface area contributed by atoms with Gasteiger partial charge in [-0.1, -0.05) is 0 Å². The number of ether oxygens (including phenoxy) is 2. The highest BCUT2D eigenvalue weighted by atomic mass is 32.1. The lowest BCUT2D eigenvalue weighted by atomic mass is 10.2. The first kappa shape index (κ1) is 19.0. The van der Waals surface area contributed by atoms with Crippen molar-refractivity contribution in [2.24, 2.45) is 0 Å². The number of thiazole rings is 1. The minimum atomic E-state index is -0.180. The van der Waals surface area contributed by atoms with Crippen molar-refractivity contribution in [3.8, 4) is 11.5 Å². The molecule has 3 heterocycles. The SMILES string of the molecule is COc1cc(NC(=O)N2CCN(c3nc(N)nc4scnc34)CC2)cc(OC)c1. The number of urea groups is 1. The molecular formula is C18H21N7O3S. The number of rotatable bonds is 4. The Kier molecular flexibility index (Phi) is 5.21. The molecule has 0 radical (unpaired) electrons. The highest BCUT2D eigenvalue weighted by molar-refractivity contribution is 7.16. The van der Waals surface area contributed by atoms with Crippen molar-refractivity contribution < 1.29 is 14.3 Å². The molecule has 0 spiro atoms. The number of nitrogens with one attached hydrogen (secondary N) is 1. The van der Waals surface area contributed by atoms with E-state index in [-0.39, 0.29) is 12.0 Å². The number of fused-ring (bicyclic) bond motifs is 1.